The average Bonchev–Trinajstić information content (AvgIpc) is 2.58. The molecule has 0 bridgehead atoms. The van der Waals surface area contributed by atoms with Crippen molar-refractivity contribution >= 4 is 17.8 Å². The third kappa shape index (κ3) is 4.12. The Kier molecular flexibility index (Phi) is 5.59. The van der Waals surface area contributed by atoms with Gasteiger partial charge >= 0.3 is 0 Å². The van der Waals surface area contributed by atoms with E-state index in [0.29, 0.717) is 0 Å². The van der Waals surface area contributed by atoms with Crippen LogP contribution >= 0.6 is 0 Å². The Labute approximate surface area is 129 Å². The zero-order valence-electron chi connectivity index (χ0n) is 12.7. The molecule has 2 aromatic rings. The number of benzene rings is 1. The Morgan fingerprint density at radius 1 is 1.23 bits per heavy atom. The Bertz CT molecular complexity index is 621. The number of rotatable bonds is 6. The van der Waals surface area contributed by atoms with Gasteiger partial charge in [0.05, 0.1) is 12.4 Å². The van der Waals surface area contributed by atoms with E-state index in [-0.39, 0.29) is 11.6 Å². The maximum Gasteiger partial charge on any atom is 0.291 e. The van der Waals surface area contributed by atoms with E-state index in [4.69, 9.17) is 0 Å². The Hall–Kier alpha value is -2.76. The number of nitrogens with zero attached hydrogens (tertiary/aromatic N) is 4. The molecule has 1 heterocycles. The van der Waals surface area contributed by atoms with Crippen LogP contribution in [0.25, 0.3) is 0 Å². The number of hydrazone groups is 1. The number of hydrogen-bond donors (Lipinski definition) is 1. The molecule has 0 saturated carbocycles. The highest BCUT2D eigenvalue weighted by Gasteiger charge is 2.04. The average molecular weight is 297 g/mol. The molecule has 1 aromatic carbocycles. The zero-order valence-corrected chi connectivity index (χ0v) is 12.7. The largest absolute Gasteiger partial charge is 0.372 e. The second-order valence-corrected chi connectivity index (χ2v) is 4.55. The van der Waals surface area contributed by atoms with Crippen LogP contribution in [0.5, 0.6) is 0 Å². The highest BCUT2D eigenvalue weighted by Crippen LogP contribution is 2.13. The topological polar surface area (TPSA) is 70.5 Å². The fraction of sp³-hybridized carbons (Fsp3) is 0.250. The number of nitrogens with one attached hydrogen (secondary N) is 1. The van der Waals surface area contributed by atoms with Gasteiger partial charge in [0.2, 0.25) is 0 Å². The zero-order chi connectivity index (χ0) is 15.8. The first-order chi connectivity index (χ1) is 10.7. The molecular formula is C16H19N5O. The van der Waals surface area contributed by atoms with Gasteiger partial charge in [-0.05, 0) is 31.5 Å². The Balaban J connectivity index is 1.95. The molecule has 114 valence electrons. The van der Waals surface area contributed by atoms with Gasteiger partial charge in [-0.2, -0.15) is 5.10 Å². The number of anilines is 1. The maximum absolute atomic E-state index is 11.7. The Morgan fingerprint density at radius 2 is 1.95 bits per heavy atom. The number of carbonyl (C=O) groups excluding carboxylic acids is 1. The number of aromatic nitrogens is 2. The number of amides is 1. The highest BCUT2D eigenvalue weighted by atomic mass is 16.2. The summed E-state index contributed by atoms with van der Waals surface area (Å²) in [6.07, 6.45) is 5.96. The number of hydrogen-bond acceptors (Lipinski definition) is 5. The quantitative estimate of drug-likeness (QED) is 0.654. The minimum absolute atomic E-state index is 0.233. The van der Waals surface area contributed by atoms with Gasteiger partial charge in [0.15, 0.2) is 0 Å². The second kappa shape index (κ2) is 7.87. The van der Waals surface area contributed by atoms with Crippen molar-refractivity contribution in [3.05, 3.63) is 54.1 Å². The lowest BCUT2D eigenvalue weighted by atomic mass is 10.2. The summed E-state index contributed by atoms with van der Waals surface area (Å²) in [4.78, 5) is 21.7. The maximum atomic E-state index is 11.7. The number of carbonyl (C=O) groups is 1. The van der Waals surface area contributed by atoms with E-state index in [1.54, 1.807) is 6.21 Å². The van der Waals surface area contributed by atoms with Crippen LogP contribution in [0, 0.1) is 0 Å². The van der Waals surface area contributed by atoms with Crippen molar-refractivity contribution in [1.82, 2.24) is 15.4 Å². The predicted octanol–water partition coefficient (Wildman–Crippen LogP) is 2.09. The predicted molar refractivity (Wildman–Crippen MR) is 87.1 cm³/mol. The summed E-state index contributed by atoms with van der Waals surface area (Å²) in [6, 6.07) is 8.01. The third-order valence-corrected chi connectivity index (χ3v) is 3.20. The fourth-order valence-corrected chi connectivity index (χ4v) is 2.00. The molecule has 0 radical (unpaired) electrons. The molecule has 2 rings (SSSR count). The molecule has 6 heteroatoms. The summed E-state index contributed by atoms with van der Waals surface area (Å²) in [5.74, 6) is -0.385. The molecule has 0 aliphatic carbocycles. The van der Waals surface area contributed by atoms with E-state index in [0.717, 1.165) is 18.7 Å². The Morgan fingerprint density at radius 3 is 2.55 bits per heavy atom. The van der Waals surface area contributed by atoms with Crippen LogP contribution in [0.1, 0.15) is 29.9 Å². The van der Waals surface area contributed by atoms with E-state index in [9.17, 15) is 4.79 Å². The molecule has 1 aromatic heterocycles. The van der Waals surface area contributed by atoms with Gasteiger partial charge in [0, 0.05) is 31.2 Å². The first kappa shape index (κ1) is 15.6. The van der Waals surface area contributed by atoms with Crippen molar-refractivity contribution in [2.45, 2.75) is 13.8 Å². The van der Waals surface area contributed by atoms with Gasteiger partial charge < -0.3 is 4.90 Å². The van der Waals surface area contributed by atoms with Gasteiger partial charge in [-0.25, -0.2) is 10.4 Å². The van der Waals surface area contributed by atoms with E-state index in [1.807, 2.05) is 24.3 Å². The monoisotopic (exact) mass is 297 g/mol. The van der Waals surface area contributed by atoms with E-state index in [2.05, 4.69) is 39.2 Å². The molecule has 22 heavy (non-hydrogen) atoms. The SMILES string of the molecule is CCN(CC)c1ccc(/C=N\NC(=O)c2cnccn2)cc1. The van der Waals surface area contributed by atoms with Gasteiger partial charge in [-0.1, -0.05) is 12.1 Å². The lowest BCUT2D eigenvalue weighted by Gasteiger charge is -2.20. The van der Waals surface area contributed by atoms with Crippen LogP contribution in [-0.2, 0) is 0 Å². The summed E-state index contributed by atoms with van der Waals surface area (Å²) >= 11 is 0. The van der Waals surface area contributed by atoms with Crippen LogP contribution in [0.3, 0.4) is 0 Å². The molecule has 6 nitrogen and oxygen atoms in total. The van der Waals surface area contributed by atoms with E-state index in [1.165, 1.54) is 24.3 Å². The minimum atomic E-state index is -0.385. The highest BCUT2D eigenvalue weighted by molar-refractivity contribution is 5.92. The van der Waals surface area contributed by atoms with Crippen LogP contribution in [0.4, 0.5) is 5.69 Å². The molecule has 0 aliphatic rings. The first-order valence-electron chi connectivity index (χ1n) is 7.19. The summed E-state index contributed by atoms with van der Waals surface area (Å²) in [6.45, 7) is 6.19. The lowest BCUT2D eigenvalue weighted by molar-refractivity contribution is 0.0949. The van der Waals surface area contributed by atoms with Crippen molar-refractivity contribution in [2.75, 3.05) is 18.0 Å². The van der Waals surface area contributed by atoms with Gasteiger partial charge in [0.25, 0.3) is 5.91 Å². The molecule has 0 saturated heterocycles. The molecule has 1 amide bonds. The lowest BCUT2D eigenvalue weighted by Crippen LogP contribution is -2.21. The smallest absolute Gasteiger partial charge is 0.291 e. The second-order valence-electron chi connectivity index (χ2n) is 4.55. The van der Waals surface area contributed by atoms with Crippen molar-refractivity contribution in [3.8, 4) is 0 Å². The summed E-state index contributed by atoms with van der Waals surface area (Å²) in [5.41, 5.74) is 4.74. The molecule has 1 N–H and O–H groups in total. The fourth-order valence-electron chi connectivity index (χ4n) is 2.00. The van der Waals surface area contributed by atoms with Crippen LogP contribution in [0.15, 0.2) is 48.0 Å². The summed E-state index contributed by atoms with van der Waals surface area (Å²) in [5, 5.41) is 3.93. The van der Waals surface area contributed by atoms with Crippen molar-refractivity contribution in [3.63, 3.8) is 0 Å². The van der Waals surface area contributed by atoms with E-state index >= 15 is 0 Å². The van der Waals surface area contributed by atoms with Crippen molar-refractivity contribution in [1.29, 1.82) is 0 Å². The molecule has 0 spiro atoms. The molecule has 0 aliphatic heterocycles. The van der Waals surface area contributed by atoms with Crippen LogP contribution in [-0.4, -0.2) is 35.2 Å². The first-order valence-corrected chi connectivity index (χ1v) is 7.19. The van der Waals surface area contributed by atoms with Crippen molar-refractivity contribution < 1.29 is 4.79 Å². The van der Waals surface area contributed by atoms with Crippen LogP contribution in [0.2, 0.25) is 0 Å². The van der Waals surface area contributed by atoms with Gasteiger partial charge in [0.1, 0.15) is 5.69 Å². The minimum Gasteiger partial charge on any atom is -0.372 e. The third-order valence-electron chi connectivity index (χ3n) is 3.20. The van der Waals surface area contributed by atoms with Crippen molar-refractivity contribution in [2.24, 2.45) is 5.10 Å². The molecule has 0 fully saturated rings. The van der Waals surface area contributed by atoms with E-state index < -0.39 is 0 Å². The van der Waals surface area contributed by atoms with Gasteiger partial charge in [-0.15, -0.1) is 0 Å². The summed E-state index contributed by atoms with van der Waals surface area (Å²) < 4.78 is 0. The molecule has 0 unspecified atom stereocenters. The standard InChI is InChI=1S/C16H19N5O/c1-3-21(4-2)14-7-5-13(6-8-14)11-19-20-16(22)15-12-17-9-10-18-15/h5-12H,3-4H2,1-2H3,(H,20,22)/b19-11-. The normalized spacial score (nSPS) is 10.6. The van der Waals surface area contributed by atoms with Gasteiger partial charge in [-0.3, -0.25) is 9.78 Å². The molecular weight excluding hydrogens is 278 g/mol. The summed E-state index contributed by atoms with van der Waals surface area (Å²) in [7, 11) is 0. The van der Waals surface area contributed by atoms with Crippen LogP contribution < -0.4 is 10.3 Å². The molecule has 0 atom stereocenters.